The minimum absolute atomic E-state index is 0. The molecule has 1 unspecified atom stereocenters. The number of carboxylic acids is 2. The molecule has 2 atom stereocenters. The molecule has 9 heteroatoms. The zero-order valence-corrected chi connectivity index (χ0v) is 12.4. The Labute approximate surface area is 118 Å². The van der Waals surface area contributed by atoms with E-state index in [0.29, 0.717) is 0 Å². The molecule has 0 rings (SSSR count). The molecule has 7 nitrogen and oxygen atoms in total. The van der Waals surface area contributed by atoms with Crippen molar-refractivity contribution in [3.8, 4) is 0 Å². The van der Waals surface area contributed by atoms with E-state index in [2.05, 4.69) is 4.52 Å². The summed E-state index contributed by atoms with van der Waals surface area (Å²) >= 11 is 0. The van der Waals surface area contributed by atoms with E-state index in [1.165, 1.54) is 13.8 Å². The molecule has 0 aromatic rings. The molecule has 0 aliphatic carbocycles. The molecule has 90 valence electrons. The molecule has 0 amide bonds. The summed E-state index contributed by atoms with van der Waals surface area (Å²) in [5.74, 6) is -2.20. The molecule has 4 N–H and O–H groups in total. The number of rotatable bonds is 5. The second kappa shape index (κ2) is 13.0. The van der Waals surface area contributed by atoms with Gasteiger partial charge in [0.1, 0.15) is 6.04 Å². The Balaban J connectivity index is -0.000000105. The summed E-state index contributed by atoms with van der Waals surface area (Å²) in [5, 5.41) is 16.3. The molecule has 0 spiro atoms. The summed E-state index contributed by atoms with van der Waals surface area (Å²) < 4.78 is 14.0. The van der Waals surface area contributed by atoms with Crippen molar-refractivity contribution in [2.45, 2.75) is 18.9 Å². The van der Waals surface area contributed by atoms with Crippen LogP contribution in [0, 0.1) is 0 Å². The van der Waals surface area contributed by atoms with Crippen LogP contribution in [0.1, 0.15) is 14.3 Å². The van der Waals surface area contributed by atoms with E-state index in [1.54, 1.807) is 0 Å². The van der Waals surface area contributed by atoms with Crippen LogP contribution in [0.5, 0.6) is 0 Å². The smallest absolute Gasteiger partial charge is 1.00 e. The second-order valence-electron chi connectivity index (χ2n) is 2.50. The monoisotopic (exact) mass is 264 g/mol. The number of aliphatic carboxylic acids is 2. The molecule has 0 saturated carbocycles. The average Bonchev–Trinajstić information content (AvgIpc) is 2.14. The maximum Gasteiger partial charge on any atom is 1.00 e. The van der Waals surface area contributed by atoms with E-state index in [1.807, 2.05) is 0 Å². The molecule has 0 radical (unpaired) electrons. The normalized spacial score (nSPS) is 11.3. The summed E-state index contributed by atoms with van der Waals surface area (Å²) in [7, 11) is 0.0671. The molecule has 0 fully saturated rings. The first-order chi connectivity index (χ1) is 6.81. The zero-order valence-electron chi connectivity index (χ0n) is 10.5. The topological polar surface area (TPSA) is 127 Å². The van der Waals surface area contributed by atoms with E-state index in [9.17, 15) is 14.2 Å². The average molecular weight is 264 g/mol. The molecule has 0 heterocycles. The standard InChI is InChI=1S/C5H9NO4.C2H6O2P.Na.H/c6-3(5(9)10)1-2-4(7)8;1-4-5(2)3;;/h3H,1-2,6H2,(H,7,8)(H,9,10);1-2H3;;/q;2*+1;-1/t3-;;;/m0.../s1. The van der Waals surface area contributed by atoms with E-state index in [0.717, 1.165) is 0 Å². The maximum atomic E-state index is 9.99. The van der Waals surface area contributed by atoms with Crippen LogP contribution in [0.3, 0.4) is 0 Å². The molecule has 16 heavy (non-hydrogen) atoms. The summed E-state index contributed by atoms with van der Waals surface area (Å²) in [6.45, 7) is 1.51. The predicted octanol–water partition coefficient (Wildman–Crippen LogP) is -2.62. The van der Waals surface area contributed by atoms with Gasteiger partial charge in [0.25, 0.3) is 0 Å². The quantitative estimate of drug-likeness (QED) is 0.366. The van der Waals surface area contributed by atoms with Crippen molar-refractivity contribution in [1.82, 2.24) is 0 Å². The molecule has 0 aliphatic heterocycles. The van der Waals surface area contributed by atoms with Gasteiger partial charge in [0, 0.05) is 6.42 Å². The molecular formula is C7H16NNaO6P+. The largest absolute Gasteiger partial charge is 1.00 e. The Bertz CT molecular complexity index is 242. The van der Waals surface area contributed by atoms with Gasteiger partial charge in [-0.1, -0.05) is 0 Å². The Morgan fingerprint density at radius 3 is 2.06 bits per heavy atom. The fraction of sp³-hybridized carbons (Fsp3) is 0.714. The van der Waals surface area contributed by atoms with E-state index < -0.39 is 26.0 Å². The summed E-state index contributed by atoms with van der Waals surface area (Å²) in [6, 6.07) is -1.06. The second-order valence-corrected chi connectivity index (χ2v) is 3.74. The molecular weight excluding hydrogens is 248 g/mol. The van der Waals surface area contributed by atoms with Crippen LogP contribution in [0.15, 0.2) is 0 Å². The zero-order chi connectivity index (χ0) is 12.4. The molecule has 0 aromatic heterocycles. The van der Waals surface area contributed by atoms with Gasteiger partial charge in [-0.15, -0.1) is 4.52 Å². The summed E-state index contributed by atoms with van der Waals surface area (Å²) in [5.41, 5.74) is 5.00. The predicted molar refractivity (Wildman–Crippen MR) is 54.1 cm³/mol. The molecule has 0 aliphatic rings. The van der Waals surface area contributed by atoms with Gasteiger partial charge in [-0.2, -0.15) is 0 Å². The van der Waals surface area contributed by atoms with Crippen LogP contribution in [-0.2, 0) is 18.7 Å². The van der Waals surface area contributed by atoms with Crippen LogP contribution in [-0.4, -0.2) is 42.0 Å². The Kier molecular flexibility index (Phi) is 17.3. The van der Waals surface area contributed by atoms with Crippen molar-refractivity contribution in [3.63, 3.8) is 0 Å². The van der Waals surface area contributed by atoms with Crippen molar-refractivity contribution in [3.05, 3.63) is 0 Å². The first-order valence-electron chi connectivity index (χ1n) is 3.96. The first-order valence-corrected chi connectivity index (χ1v) is 5.58. The van der Waals surface area contributed by atoms with Crippen LogP contribution in [0.25, 0.3) is 0 Å². The number of carbonyl (C=O) groups is 2. The number of hydrogen-bond acceptors (Lipinski definition) is 5. The summed E-state index contributed by atoms with van der Waals surface area (Å²) in [6.07, 6.45) is -0.224. The van der Waals surface area contributed by atoms with Crippen molar-refractivity contribution in [2.75, 3.05) is 13.8 Å². The third-order valence-corrected chi connectivity index (χ3v) is 1.76. The third-order valence-electron chi connectivity index (χ3n) is 1.24. The minimum Gasteiger partial charge on any atom is -1.00 e. The fourth-order valence-corrected chi connectivity index (χ4v) is 0.402. The van der Waals surface area contributed by atoms with Crippen molar-refractivity contribution in [1.29, 1.82) is 0 Å². The summed E-state index contributed by atoms with van der Waals surface area (Å²) in [4.78, 5) is 19.9. The van der Waals surface area contributed by atoms with E-state index in [-0.39, 0.29) is 43.8 Å². The Hall–Kier alpha value is -0.0400. The van der Waals surface area contributed by atoms with Gasteiger partial charge in [-0.25, -0.2) is 0 Å². The van der Waals surface area contributed by atoms with Crippen LogP contribution < -0.4 is 35.3 Å². The van der Waals surface area contributed by atoms with Crippen LogP contribution in [0.2, 0.25) is 0 Å². The van der Waals surface area contributed by atoms with Crippen LogP contribution in [0.4, 0.5) is 0 Å². The van der Waals surface area contributed by atoms with Gasteiger partial charge in [-0.3, -0.25) is 9.59 Å². The first kappa shape index (κ1) is 21.3. The fourth-order valence-electron chi connectivity index (χ4n) is 0.402. The molecule has 0 saturated heterocycles. The van der Waals surface area contributed by atoms with Crippen LogP contribution >= 0.6 is 8.03 Å². The van der Waals surface area contributed by atoms with Gasteiger partial charge >= 0.3 is 49.5 Å². The Morgan fingerprint density at radius 2 is 1.88 bits per heavy atom. The van der Waals surface area contributed by atoms with Gasteiger partial charge < -0.3 is 17.4 Å². The van der Waals surface area contributed by atoms with Crippen molar-refractivity contribution in [2.24, 2.45) is 5.73 Å². The van der Waals surface area contributed by atoms with E-state index in [4.69, 9.17) is 15.9 Å². The number of hydrogen-bond donors (Lipinski definition) is 3. The Morgan fingerprint density at radius 1 is 1.50 bits per heavy atom. The third kappa shape index (κ3) is 19.5. The van der Waals surface area contributed by atoms with Crippen molar-refractivity contribution < 1.29 is 59.9 Å². The number of nitrogens with two attached hydrogens (primary N) is 1. The molecule has 0 aromatic carbocycles. The van der Waals surface area contributed by atoms with Gasteiger partial charge in [-0.05, 0) is 11.0 Å². The van der Waals surface area contributed by atoms with Gasteiger partial charge in [0.15, 0.2) is 6.66 Å². The minimum atomic E-state index is -1.35. The maximum absolute atomic E-state index is 9.99. The van der Waals surface area contributed by atoms with Gasteiger partial charge in [0.05, 0.1) is 7.11 Å². The molecule has 0 bridgehead atoms. The number of carboxylic acid groups (broad SMARTS) is 2. The van der Waals surface area contributed by atoms with Gasteiger partial charge in [0.2, 0.25) is 0 Å². The van der Waals surface area contributed by atoms with Crippen molar-refractivity contribution >= 4 is 20.0 Å². The SMILES string of the molecule is CO[P+](C)=O.N[C@@H](CCC(=O)O)C(=O)O.[H-].[Na+]. The van der Waals surface area contributed by atoms with E-state index >= 15 is 0 Å².